The molecule has 1 aliphatic heterocycles. The number of carbonyl (C=O) groups is 1. The molecule has 4 N–H and O–H groups in total. The van der Waals surface area contributed by atoms with Crippen molar-refractivity contribution in [3.8, 4) is 0 Å². The number of rotatable bonds is 4. The molecule has 106 valence electrons. The molecule has 8 nitrogen and oxygen atoms in total. The second-order valence-electron chi connectivity index (χ2n) is 3.83. The Morgan fingerprint density at radius 2 is 2.06 bits per heavy atom. The Morgan fingerprint density at radius 1 is 1.39 bits per heavy atom. The van der Waals surface area contributed by atoms with Gasteiger partial charge in [0.05, 0.1) is 13.2 Å². The second kappa shape index (κ2) is 6.86. The lowest BCUT2D eigenvalue weighted by Gasteiger charge is -2.41. The molecule has 8 heteroatoms. The van der Waals surface area contributed by atoms with Crippen molar-refractivity contribution in [2.75, 3.05) is 20.3 Å². The van der Waals surface area contributed by atoms with Crippen LogP contribution in [0.3, 0.4) is 0 Å². The zero-order chi connectivity index (χ0) is 13.7. The highest BCUT2D eigenvalue weighted by molar-refractivity contribution is 5.67. The summed E-state index contributed by atoms with van der Waals surface area (Å²) in [5, 5.41) is 30.9. The maximum atomic E-state index is 11.3. The molecular weight excluding hydrogens is 246 g/mol. The summed E-state index contributed by atoms with van der Waals surface area (Å²) in [6, 6.07) is -0.980. The highest BCUT2D eigenvalue weighted by Gasteiger charge is 2.45. The molecule has 1 amide bonds. The Morgan fingerprint density at radius 3 is 2.56 bits per heavy atom. The number of alkyl carbamates (subject to hydrolysis) is 1. The normalized spacial score (nSPS) is 36.2. The van der Waals surface area contributed by atoms with Crippen molar-refractivity contribution in [2.24, 2.45) is 0 Å². The van der Waals surface area contributed by atoms with E-state index in [-0.39, 0.29) is 6.61 Å². The molecule has 0 bridgehead atoms. The largest absolute Gasteiger partial charge is 0.450 e. The molecule has 5 atom stereocenters. The first-order chi connectivity index (χ1) is 8.54. The summed E-state index contributed by atoms with van der Waals surface area (Å²) in [6.45, 7) is 1.34. The zero-order valence-electron chi connectivity index (χ0n) is 10.3. The molecule has 0 aromatic heterocycles. The molecule has 0 aromatic rings. The summed E-state index contributed by atoms with van der Waals surface area (Å²) in [7, 11) is 1.32. The summed E-state index contributed by atoms with van der Waals surface area (Å²) < 4.78 is 14.8. The van der Waals surface area contributed by atoms with Crippen LogP contribution in [-0.2, 0) is 14.2 Å². The van der Waals surface area contributed by atoms with Crippen LogP contribution in [-0.4, -0.2) is 72.4 Å². The first-order valence-electron chi connectivity index (χ1n) is 5.63. The summed E-state index contributed by atoms with van der Waals surface area (Å²) >= 11 is 0. The van der Waals surface area contributed by atoms with Crippen LogP contribution in [0.5, 0.6) is 0 Å². The molecule has 18 heavy (non-hydrogen) atoms. The minimum Gasteiger partial charge on any atom is -0.450 e. The number of aliphatic hydroxyl groups is 3. The molecule has 1 rings (SSSR count). The lowest BCUT2D eigenvalue weighted by molar-refractivity contribution is -0.262. The van der Waals surface area contributed by atoms with Crippen LogP contribution in [0.15, 0.2) is 0 Å². The van der Waals surface area contributed by atoms with Crippen LogP contribution in [0.1, 0.15) is 6.92 Å². The van der Waals surface area contributed by atoms with Gasteiger partial charge in [0.15, 0.2) is 6.29 Å². The Balaban J connectivity index is 2.71. The van der Waals surface area contributed by atoms with E-state index in [1.165, 1.54) is 7.11 Å². The van der Waals surface area contributed by atoms with E-state index in [1.807, 2.05) is 0 Å². The number of methoxy groups -OCH3 is 1. The van der Waals surface area contributed by atoms with Gasteiger partial charge in [0.2, 0.25) is 0 Å². The maximum absolute atomic E-state index is 11.3. The van der Waals surface area contributed by atoms with Gasteiger partial charge in [0.25, 0.3) is 0 Å². The van der Waals surface area contributed by atoms with Crippen molar-refractivity contribution < 1.29 is 34.3 Å². The number of carbonyl (C=O) groups excluding carboxylic acids is 1. The molecule has 0 spiro atoms. The number of hydrogen-bond donors (Lipinski definition) is 4. The van der Waals surface area contributed by atoms with E-state index in [9.17, 15) is 15.0 Å². The van der Waals surface area contributed by atoms with E-state index in [1.54, 1.807) is 6.92 Å². The molecule has 0 saturated carbocycles. The molecule has 1 heterocycles. The Bertz CT molecular complexity index is 273. The van der Waals surface area contributed by atoms with Crippen molar-refractivity contribution in [3.63, 3.8) is 0 Å². The fourth-order valence-corrected chi connectivity index (χ4v) is 1.75. The topological polar surface area (TPSA) is 117 Å². The van der Waals surface area contributed by atoms with Crippen LogP contribution in [0.2, 0.25) is 0 Å². The third kappa shape index (κ3) is 3.30. The number of hydrogen-bond acceptors (Lipinski definition) is 7. The third-order valence-corrected chi connectivity index (χ3v) is 2.67. The first kappa shape index (κ1) is 15.1. The van der Waals surface area contributed by atoms with E-state index >= 15 is 0 Å². The summed E-state index contributed by atoms with van der Waals surface area (Å²) in [4.78, 5) is 11.3. The van der Waals surface area contributed by atoms with Crippen LogP contribution >= 0.6 is 0 Å². The first-order valence-corrected chi connectivity index (χ1v) is 5.63. The van der Waals surface area contributed by atoms with Gasteiger partial charge in [0.1, 0.15) is 24.4 Å². The van der Waals surface area contributed by atoms with Gasteiger partial charge in [-0.25, -0.2) is 4.79 Å². The second-order valence-corrected chi connectivity index (χ2v) is 3.83. The molecule has 1 aliphatic rings. The van der Waals surface area contributed by atoms with Crippen LogP contribution in [0.4, 0.5) is 4.79 Å². The Labute approximate surface area is 104 Å². The maximum Gasteiger partial charge on any atom is 0.407 e. The number of amides is 1. The van der Waals surface area contributed by atoms with Crippen molar-refractivity contribution in [1.82, 2.24) is 5.32 Å². The van der Waals surface area contributed by atoms with Gasteiger partial charge < -0.3 is 34.8 Å². The van der Waals surface area contributed by atoms with Crippen LogP contribution in [0, 0.1) is 0 Å². The van der Waals surface area contributed by atoms with Crippen molar-refractivity contribution >= 4 is 6.09 Å². The van der Waals surface area contributed by atoms with E-state index in [2.05, 4.69) is 10.1 Å². The van der Waals surface area contributed by atoms with Gasteiger partial charge in [-0.1, -0.05) is 0 Å². The standard InChI is InChI=1S/C10H19NO7/c1-3-17-10(15)11-6-8(14)7(13)5(4-12)18-9(6)16-2/h5-9,12-14H,3-4H2,1-2H3,(H,11,15)/t5-,6+,7+,8-,9-/m1/s1. The number of aliphatic hydroxyl groups excluding tert-OH is 3. The van der Waals surface area contributed by atoms with E-state index < -0.39 is 43.3 Å². The Hall–Kier alpha value is -0.930. The molecule has 0 aliphatic carbocycles. The fraction of sp³-hybridized carbons (Fsp3) is 0.900. The van der Waals surface area contributed by atoms with Gasteiger partial charge in [-0.3, -0.25) is 0 Å². The van der Waals surface area contributed by atoms with Crippen LogP contribution in [0.25, 0.3) is 0 Å². The third-order valence-electron chi connectivity index (χ3n) is 2.67. The number of ether oxygens (including phenoxy) is 3. The predicted molar refractivity (Wildman–Crippen MR) is 58.7 cm³/mol. The smallest absolute Gasteiger partial charge is 0.407 e. The van der Waals surface area contributed by atoms with E-state index in [0.717, 1.165) is 0 Å². The van der Waals surface area contributed by atoms with E-state index in [0.29, 0.717) is 0 Å². The summed E-state index contributed by atoms with van der Waals surface area (Å²) in [6.07, 6.45) is -5.35. The zero-order valence-corrected chi connectivity index (χ0v) is 10.3. The molecule has 0 aromatic carbocycles. The molecule has 1 fully saturated rings. The average molecular weight is 265 g/mol. The van der Waals surface area contributed by atoms with Gasteiger partial charge in [-0.15, -0.1) is 0 Å². The van der Waals surface area contributed by atoms with Gasteiger partial charge in [0, 0.05) is 7.11 Å². The van der Waals surface area contributed by atoms with Crippen molar-refractivity contribution in [2.45, 2.75) is 37.6 Å². The van der Waals surface area contributed by atoms with Crippen molar-refractivity contribution in [1.29, 1.82) is 0 Å². The summed E-state index contributed by atoms with van der Waals surface area (Å²) in [5.41, 5.74) is 0. The lowest BCUT2D eigenvalue weighted by atomic mass is 9.97. The molecule has 0 unspecified atom stereocenters. The quantitative estimate of drug-likeness (QED) is 0.473. The molecule has 0 radical (unpaired) electrons. The fourth-order valence-electron chi connectivity index (χ4n) is 1.75. The van der Waals surface area contributed by atoms with E-state index in [4.69, 9.17) is 14.6 Å². The SMILES string of the molecule is CCOC(=O)N[C@@H]1[C@H](OC)O[C@H](CO)[C@H](O)[C@@H]1O. The average Bonchev–Trinajstić information content (AvgIpc) is 2.36. The van der Waals surface area contributed by atoms with Gasteiger partial charge in [-0.05, 0) is 6.92 Å². The molecule has 1 saturated heterocycles. The minimum atomic E-state index is -1.33. The summed E-state index contributed by atoms with van der Waals surface area (Å²) in [5.74, 6) is 0. The van der Waals surface area contributed by atoms with Crippen molar-refractivity contribution in [3.05, 3.63) is 0 Å². The van der Waals surface area contributed by atoms with Gasteiger partial charge in [-0.2, -0.15) is 0 Å². The van der Waals surface area contributed by atoms with Crippen LogP contribution < -0.4 is 5.32 Å². The van der Waals surface area contributed by atoms with Gasteiger partial charge >= 0.3 is 6.09 Å². The predicted octanol–water partition coefficient (Wildman–Crippen LogP) is -1.81. The monoisotopic (exact) mass is 265 g/mol. The minimum absolute atomic E-state index is 0.176. The number of nitrogens with one attached hydrogen (secondary N) is 1. The highest BCUT2D eigenvalue weighted by atomic mass is 16.7. The Kier molecular flexibility index (Phi) is 5.76. The lowest BCUT2D eigenvalue weighted by Crippen LogP contribution is -2.64. The highest BCUT2D eigenvalue weighted by Crippen LogP contribution is 2.21. The molecular formula is C10H19NO7.